The number of halogens is 1. The molecular formula is C15H20FN3O. The van der Waals surface area contributed by atoms with Gasteiger partial charge >= 0.3 is 0 Å². The Morgan fingerprint density at radius 1 is 1.40 bits per heavy atom. The third-order valence-electron chi connectivity index (χ3n) is 3.01. The Kier molecular flexibility index (Phi) is 4.74. The molecule has 0 aliphatic rings. The van der Waals surface area contributed by atoms with Gasteiger partial charge in [-0.3, -0.25) is 0 Å². The highest BCUT2D eigenvalue weighted by molar-refractivity contribution is 5.42. The van der Waals surface area contributed by atoms with Gasteiger partial charge in [0.15, 0.2) is 11.6 Å². The molecule has 0 saturated heterocycles. The summed E-state index contributed by atoms with van der Waals surface area (Å²) in [5.74, 6) is 0.0842. The van der Waals surface area contributed by atoms with Crippen molar-refractivity contribution in [2.45, 2.75) is 33.0 Å². The van der Waals surface area contributed by atoms with Crippen molar-refractivity contribution in [3.05, 3.63) is 47.8 Å². The summed E-state index contributed by atoms with van der Waals surface area (Å²) >= 11 is 0. The van der Waals surface area contributed by atoms with Crippen LogP contribution in [0.2, 0.25) is 0 Å². The van der Waals surface area contributed by atoms with E-state index in [9.17, 15) is 4.39 Å². The van der Waals surface area contributed by atoms with Crippen LogP contribution in [-0.4, -0.2) is 18.1 Å². The van der Waals surface area contributed by atoms with Crippen molar-refractivity contribution in [2.75, 3.05) is 11.9 Å². The van der Waals surface area contributed by atoms with E-state index in [0.717, 1.165) is 5.56 Å². The maximum absolute atomic E-state index is 14.4. The second kappa shape index (κ2) is 6.52. The molecule has 2 aromatic rings. The highest BCUT2D eigenvalue weighted by Crippen LogP contribution is 2.20. The van der Waals surface area contributed by atoms with Crippen LogP contribution in [0.5, 0.6) is 0 Å². The van der Waals surface area contributed by atoms with Crippen LogP contribution in [0.1, 0.15) is 25.0 Å². The van der Waals surface area contributed by atoms with Crippen molar-refractivity contribution in [3.8, 4) is 0 Å². The maximum atomic E-state index is 14.4. The van der Waals surface area contributed by atoms with Gasteiger partial charge in [0.25, 0.3) is 0 Å². The van der Waals surface area contributed by atoms with Gasteiger partial charge < -0.3 is 14.6 Å². The first-order valence-electron chi connectivity index (χ1n) is 6.67. The highest BCUT2D eigenvalue weighted by atomic mass is 19.1. The Bertz CT molecular complexity index is 540. The van der Waals surface area contributed by atoms with Crippen LogP contribution in [0, 0.1) is 5.82 Å². The van der Waals surface area contributed by atoms with Crippen molar-refractivity contribution < 1.29 is 8.81 Å². The minimum absolute atomic E-state index is 0.272. The number of furan rings is 1. The Labute approximate surface area is 118 Å². The lowest BCUT2D eigenvalue weighted by atomic mass is 10.2. The Balaban J connectivity index is 2.12. The molecule has 2 heterocycles. The van der Waals surface area contributed by atoms with Crippen molar-refractivity contribution >= 4 is 5.82 Å². The molecule has 0 amide bonds. The van der Waals surface area contributed by atoms with Crippen LogP contribution in [0.25, 0.3) is 0 Å². The summed E-state index contributed by atoms with van der Waals surface area (Å²) in [6, 6.07) is 3.88. The number of hydrogen-bond donors (Lipinski definition) is 1. The topological polar surface area (TPSA) is 41.3 Å². The van der Waals surface area contributed by atoms with Gasteiger partial charge in [0.05, 0.1) is 12.5 Å². The molecule has 4 nitrogen and oxygen atoms in total. The first-order valence-corrected chi connectivity index (χ1v) is 6.67. The Morgan fingerprint density at radius 2 is 2.20 bits per heavy atom. The summed E-state index contributed by atoms with van der Waals surface area (Å²) in [6.07, 6.45) is 4.90. The van der Waals surface area contributed by atoms with Crippen LogP contribution in [0.15, 0.2) is 35.3 Å². The van der Waals surface area contributed by atoms with E-state index < -0.39 is 0 Å². The summed E-state index contributed by atoms with van der Waals surface area (Å²) in [4.78, 5) is 5.92. The molecule has 108 valence electrons. The monoisotopic (exact) mass is 277 g/mol. The first-order chi connectivity index (χ1) is 9.58. The molecule has 0 radical (unpaired) electrons. The fraction of sp³-hybridized carbons (Fsp3) is 0.400. The zero-order valence-electron chi connectivity index (χ0n) is 12.1. The molecule has 0 saturated carbocycles. The van der Waals surface area contributed by atoms with Crippen molar-refractivity contribution in [1.29, 1.82) is 0 Å². The van der Waals surface area contributed by atoms with E-state index in [2.05, 4.69) is 10.3 Å². The quantitative estimate of drug-likeness (QED) is 0.881. The van der Waals surface area contributed by atoms with Gasteiger partial charge in [-0.15, -0.1) is 0 Å². The van der Waals surface area contributed by atoms with Gasteiger partial charge in [0, 0.05) is 43.5 Å². The number of anilines is 1. The third-order valence-corrected chi connectivity index (χ3v) is 3.01. The zero-order valence-corrected chi connectivity index (χ0v) is 12.1. The van der Waals surface area contributed by atoms with E-state index in [1.54, 1.807) is 29.7 Å². The van der Waals surface area contributed by atoms with E-state index in [1.807, 2.05) is 27.0 Å². The van der Waals surface area contributed by atoms with Crippen molar-refractivity contribution in [3.63, 3.8) is 0 Å². The summed E-state index contributed by atoms with van der Waals surface area (Å²) in [6.45, 7) is 5.12. The van der Waals surface area contributed by atoms with Crippen molar-refractivity contribution in [2.24, 2.45) is 0 Å². The number of nitrogens with zero attached hydrogens (tertiary/aromatic N) is 2. The van der Waals surface area contributed by atoms with Gasteiger partial charge in [-0.2, -0.15) is 0 Å². The van der Waals surface area contributed by atoms with Gasteiger partial charge in [0.2, 0.25) is 0 Å². The smallest absolute Gasteiger partial charge is 0.170 e. The van der Waals surface area contributed by atoms with E-state index in [1.165, 1.54) is 0 Å². The normalized spacial score (nSPS) is 11.1. The second-order valence-corrected chi connectivity index (χ2v) is 5.13. The fourth-order valence-corrected chi connectivity index (χ4v) is 1.92. The highest BCUT2D eigenvalue weighted by Gasteiger charge is 2.14. The molecule has 0 atom stereocenters. The number of nitrogens with one attached hydrogen (secondary N) is 1. The molecule has 5 heteroatoms. The minimum atomic E-state index is -0.272. The number of pyridine rings is 1. The molecule has 20 heavy (non-hydrogen) atoms. The molecule has 0 spiro atoms. The number of rotatable bonds is 6. The van der Waals surface area contributed by atoms with Crippen LogP contribution >= 0.6 is 0 Å². The molecule has 0 unspecified atom stereocenters. The van der Waals surface area contributed by atoms with E-state index in [0.29, 0.717) is 30.5 Å². The van der Waals surface area contributed by atoms with E-state index >= 15 is 0 Å². The van der Waals surface area contributed by atoms with Crippen LogP contribution < -0.4 is 10.2 Å². The maximum Gasteiger partial charge on any atom is 0.170 e. The first kappa shape index (κ1) is 14.5. The predicted octanol–water partition coefficient (Wildman–Crippen LogP) is 2.95. The van der Waals surface area contributed by atoms with Gasteiger partial charge in [-0.1, -0.05) is 13.8 Å². The lowest BCUT2D eigenvalue weighted by Crippen LogP contribution is -2.24. The van der Waals surface area contributed by atoms with Crippen LogP contribution in [0.3, 0.4) is 0 Å². The average Bonchev–Trinajstić information content (AvgIpc) is 2.90. The second-order valence-electron chi connectivity index (χ2n) is 5.13. The zero-order chi connectivity index (χ0) is 14.5. The number of aromatic nitrogens is 1. The van der Waals surface area contributed by atoms with Gasteiger partial charge in [-0.25, -0.2) is 9.37 Å². The molecule has 0 fully saturated rings. The predicted molar refractivity (Wildman–Crippen MR) is 77.0 cm³/mol. The lowest BCUT2D eigenvalue weighted by molar-refractivity contribution is 0.547. The summed E-state index contributed by atoms with van der Waals surface area (Å²) in [5, 5.41) is 3.21. The van der Waals surface area contributed by atoms with Crippen LogP contribution in [-0.2, 0) is 13.1 Å². The van der Waals surface area contributed by atoms with Gasteiger partial charge in [0.1, 0.15) is 0 Å². The number of hydrogen-bond acceptors (Lipinski definition) is 4. The summed E-state index contributed by atoms with van der Waals surface area (Å²) in [7, 11) is 1.82. The lowest BCUT2D eigenvalue weighted by Gasteiger charge is -2.19. The molecule has 1 N–H and O–H groups in total. The van der Waals surface area contributed by atoms with E-state index in [-0.39, 0.29) is 5.82 Å². The SMILES string of the molecule is CC(C)NCc1ccnc(N(C)Cc2ccoc2)c1F. The molecule has 2 aromatic heterocycles. The molecule has 0 aromatic carbocycles. The minimum Gasteiger partial charge on any atom is -0.472 e. The van der Waals surface area contributed by atoms with Gasteiger partial charge in [-0.05, 0) is 12.1 Å². The largest absolute Gasteiger partial charge is 0.472 e. The standard InChI is InChI=1S/C15H20FN3O/c1-11(2)18-8-13-4-6-17-15(14(13)16)19(3)9-12-5-7-20-10-12/h4-7,10-11,18H,8-9H2,1-3H3. The van der Waals surface area contributed by atoms with E-state index in [4.69, 9.17) is 4.42 Å². The molecule has 0 aliphatic carbocycles. The molecule has 0 aliphatic heterocycles. The molecular weight excluding hydrogens is 257 g/mol. The van der Waals surface area contributed by atoms with Crippen molar-refractivity contribution in [1.82, 2.24) is 10.3 Å². The molecule has 0 bridgehead atoms. The summed E-state index contributed by atoms with van der Waals surface area (Å²) < 4.78 is 19.5. The Morgan fingerprint density at radius 3 is 2.85 bits per heavy atom. The fourth-order valence-electron chi connectivity index (χ4n) is 1.92. The van der Waals surface area contributed by atoms with Crippen LogP contribution in [0.4, 0.5) is 10.2 Å². The third kappa shape index (κ3) is 3.57. The molecule has 2 rings (SSSR count). The average molecular weight is 277 g/mol. The summed E-state index contributed by atoms with van der Waals surface area (Å²) in [5.41, 5.74) is 1.61. The Hall–Kier alpha value is -1.88.